The highest BCUT2D eigenvalue weighted by Crippen LogP contribution is 2.13. The van der Waals surface area contributed by atoms with E-state index in [9.17, 15) is 4.79 Å². The lowest BCUT2D eigenvalue weighted by Crippen LogP contribution is -2.28. The summed E-state index contributed by atoms with van der Waals surface area (Å²) >= 11 is 3.33. The number of carbonyl (C=O) groups is 1. The van der Waals surface area contributed by atoms with Gasteiger partial charge in [0.15, 0.2) is 0 Å². The number of ether oxygens (including phenoxy) is 1. The van der Waals surface area contributed by atoms with Crippen LogP contribution in [0.25, 0.3) is 0 Å². The van der Waals surface area contributed by atoms with Crippen LogP contribution in [-0.4, -0.2) is 30.2 Å². The first-order valence-electron chi connectivity index (χ1n) is 5.33. The Morgan fingerprint density at radius 1 is 1.65 bits per heavy atom. The normalized spacial score (nSPS) is 10.3. The van der Waals surface area contributed by atoms with Crippen LogP contribution in [0.5, 0.6) is 0 Å². The molecule has 0 bridgehead atoms. The highest BCUT2D eigenvalue weighted by Gasteiger charge is 2.09. The molecule has 0 saturated heterocycles. The van der Waals surface area contributed by atoms with E-state index in [1.165, 1.54) is 0 Å². The smallest absolute Gasteiger partial charge is 0.268 e. The lowest BCUT2D eigenvalue weighted by atomic mass is 10.4. The SMILES string of the molecule is C=C(C)COCCNC(=O)c1cc(Br)cn1C. The Hall–Kier alpha value is -1.07. The summed E-state index contributed by atoms with van der Waals surface area (Å²) in [5.41, 5.74) is 1.60. The molecule has 1 amide bonds. The molecule has 0 fully saturated rings. The molecular formula is C12H17BrN2O2. The van der Waals surface area contributed by atoms with E-state index in [0.29, 0.717) is 25.5 Å². The first-order valence-corrected chi connectivity index (χ1v) is 6.12. The van der Waals surface area contributed by atoms with Crippen molar-refractivity contribution in [2.45, 2.75) is 6.92 Å². The molecule has 0 radical (unpaired) electrons. The van der Waals surface area contributed by atoms with E-state index in [0.717, 1.165) is 10.0 Å². The Bertz CT molecular complexity index is 413. The third-order valence-corrected chi connectivity index (χ3v) is 2.52. The predicted molar refractivity (Wildman–Crippen MR) is 71.1 cm³/mol. The quantitative estimate of drug-likeness (QED) is 0.646. The number of halogens is 1. The highest BCUT2D eigenvalue weighted by atomic mass is 79.9. The third-order valence-electron chi connectivity index (χ3n) is 2.08. The zero-order valence-corrected chi connectivity index (χ0v) is 11.7. The second-order valence-electron chi connectivity index (χ2n) is 3.92. The number of nitrogens with zero attached hydrogens (tertiary/aromatic N) is 1. The number of aryl methyl sites for hydroxylation is 1. The van der Waals surface area contributed by atoms with Gasteiger partial charge < -0.3 is 14.6 Å². The van der Waals surface area contributed by atoms with E-state index >= 15 is 0 Å². The fourth-order valence-corrected chi connectivity index (χ4v) is 1.85. The van der Waals surface area contributed by atoms with Gasteiger partial charge in [0.25, 0.3) is 5.91 Å². The van der Waals surface area contributed by atoms with Gasteiger partial charge in [-0.15, -0.1) is 0 Å². The average Bonchev–Trinajstić information content (AvgIpc) is 2.56. The summed E-state index contributed by atoms with van der Waals surface area (Å²) in [6.07, 6.45) is 1.84. The van der Waals surface area contributed by atoms with Crippen LogP contribution in [0, 0.1) is 0 Å². The molecular weight excluding hydrogens is 284 g/mol. The van der Waals surface area contributed by atoms with Gasteiger partial charge >= 0.3 is 0 Å². The third kappa shape index (κ3) is 4.75. The number of carbonyl (C=O) groups excluding carboxylic acids is 1. The van der Waals surface area contributed by atoms with Gasteiger partial charge in [-0.25, -0.2) is 0 Å². The Kier molecular flexibility index (Phi) is 5.44. The lowest BCUT2D eigenvalue weighted by molar-refractivity contribution is 0.0919. The molecule has 1 N–H and O–H groups in total. The van der Waals surface area contributed by atoms with Crippen molar-refractivity contribution in [2.24, 2.45) is 7.05 Å². The van der Waals surface area contributed by atoms with Crippen LogP contribution in [0.3, 0.4) is 0 Å². The summed E-state index contributed by atoms with van der Waals surface area (Å²) in [5, 5.41) is 2.79. The molecule has 0 atom stereocenters. The summed E-state index contributed by atoms with van der Waals surface area (Å²) in [4.78, 5) is 11.7. The Labute approximate surface area is 110 Å². The van der Waals surface area contributed by atoms with Crippen molar-refractivity contribution < 1.29 is 9.53 Å². The molecule has 1 aromatic rings. The number of rotatable bonds is 6. The minimum absolute atomic E-state index is 0.0999. The molecule has 0 spiro atoms. The molecule has 94 valence electrons. The van der Waals surface area contributed by atoms with E-state index in [-0.39, 0.29) is 5.91 Å². The van der Waals surface area contributed by atoms with Crippen molar-refractivity contribution in [2.75, 3.05) is 19.8 Å². The maximum absolute atomic E-state index is 11.7. The van der Waals surface area contributed by atoms with Crippen molar-refractivity contribution >= 4 is 21.8 Å². The Morgan fingerprint density at radius 2 is 2.35 bits per heavy atom. The molecule has 0 unspecified atom stereocenters. The van der Waals surface area contributed by atoms with Gasteiger partial charge in [0, 0.05) is 24.3 Å². The van der Waals surface area contributed by atoms with Crippen LogP contribution in [0.2, 0.25) is 0 Å². The second-order valence-corrected chi connectivity index (χ2v) is 4.84. The lowest BCUT2D eigenvalue weighted by Gasteiger charge is -2.06. The van der Waals surface area contributed by atoms with Crippen molar-refractivity contribution in [1.82, 2.24) is 9.88 Å². The van der Waals surface area contributed by atoms with Gasteiger partial charge in [0.2, 0.25) is 0 Å². The molecule has 1 heterocycles. The van der Waals surface area contributed by atoms with Crippen LogP contribution in [0.1, 0.15) is 17.4 Å². The van der Waals surface area contributed by atoms with Gasteiger partial charge in [-0.3, -0.25) is 4.79 Å². The number of hydrogen-bond acceptors (Lipinski definition) is 2. The maximum atomic E-state index is 11.7. The summed E-state index contributed by atoms with van der Waals surface area (Å²) in [6, 6.07) is 1.78. The number of nitrogens with one attached hydrogen (secondary N) is 1. The highest BCUT2D eigenvalue weighted by molar-refractivity contribution is 9.10. The van der Waals surface area contributed by atoms with Crippen LogP contribution in [-0.2, 0) is 11.8 Å². The zero-order chi connectivity index (χ0) is 12.8. The number of aromatic nitrogens is 1. The van der Waals surface area contributed by atoms with Crippen LogP contribution in [0.15, 0.2) is 28.9 Å². The zero-order valence-electron chi connectivity index (χ0n) is 10.1. The molecule has 0 aliphatic heterocycles. The molecule has 0 saturated carbocycles. The second kappa shape index (κ2) is 6.61. The number of hydrogen-bond donors (Lipinski definition) is 1. The topological polar surface area (TPSA) is 43.3 Å². The van der Waals surface area contributed by atoms with Crippen molar-refractivity contribution in [3.05, 3.63) is 34.6 Å². The molecule has 1 rings (SSSR count). The fourth-order valence-electron chi connectivity index (χ4n) is 1.32. The van der Waals surface area contributed by atoms with Crippen LogP contribution in [0.4, 0.5) is 0 Å². The molecule has 0 aliphatic rings. The molecule has 0 aliphatic carbocycles. The maximum Gasteiger partial charge on any atom is 0.268 e. The molecule has 1 aromatic heterocycles. The van der Waals surface area contributed by atoms with Crippen molar-refractivity contribution in [1.29, 1.82) is 0 Å². The largest absolute Gasteiger partial charge is 0.375 e. The summed E-state index contributed by atoms with van der Waals surface area (Å²) in [7, 11) is 1.83. The molecule has 17 heavy (non-hydrogen) atoms. The monoisotopic (exact) mass is 300 g/mol. The van der Waals surface area contributed by atoms with E-state index in [1.54, 1.807) is 10.6 Å². The Balaban J connectivity index is 2.30. The van der Waals surface area contributed by atoms with E-state index in [1.807, 2.05) is 20.2 Å². The summed E-state index contributed by atoms with van der Waals surface area (Å²) in [5.74, 6) is -0.0999. The van der Waals surface area contributed by atoms with Crippen LogP contribution < -0.4 is 5.32 Å². The average molecular weight is 301 g/mol. The molecule has 5 heteroatoms. The Morgan fingerprint density at radius 3 is 2.88 bits per heavy atom. The minimum atomic E-state index is -0.0999. The van der Waals surface area contributed by atoms with Crippen LogP contribution >= 0.6 is 15.9 Å². The summed E-state index contributed by atoms with van der Waals surface area (Å²) < 4.78 is 7.95. The standard InChI is InChI=1S/C12H17BrN2O2/c1-9(2)8-17-5-4-14-12(16)11-6-10(13)7-15(11)3/h6-7H,1,4-5,8H2,2-3H3,(H,14,16). The van der Waals surface area contributed by atoms with E-state index in [2.05, 4.69) is 27.8 Å². The van der Waals surface area contributed by atoms with Gasteiger partial charge in [-0.1, -0.05) is 12.2 Å². The predicted octanol–water partition coefficient (Wildman–Crippen LogP) is 2.11. The first kappa shape index (κ1) is 14.0. The van der Waals surface area contributed by atoms with E-state index < -0.39 is 0 Å². The van der Waals surface area contributed by atoms with Gasteiger partial charge in [0.05, 0.1) is 13.2 Å². The van der Waals surface area contributed by atoms with Crippen molar-refractivity contribution in [3.8, 4) is 0 Å². The van der Waals surface area contributed by atoms with E-state index in [4.69, 9.17) is 4.74 Å². The number of amides is 1. The summed E-state index contributed by atoms with van der Waals surface area (Å²) in [6.45, 7) is 7.15. The van der Waals surface area contributed by atoms with Crippen molar-refractivity contribution in [3.63, 3.8) is 0 Å². The fraction of sp³-hybridized carbons (Fsp3) is 0.417. The van der Waals surface area contributed by atoms with Gasteiger partial charge in [-0.05, 0) is 28.9 Å². The van der Waals surface area contributed by atoms with Gasteiger partial charge in [0.1, 0.15) is 5.69 Å². The van der Waals surface area contributed by atoms with Gasteiger partial charge in [-0.2, -0.15) is 0 Å². The molecule has 4 nitrogen and oxygen atoms in total. The minimum Gasteiger partial charge on any atom is -0.375 e. The molecule has 0 aromatic carbocycles. The first-order chi connectivity index (χ1) is 8.00.